The van der Waals surface area contributed by atoms with E-state index >= 15 is 0 Å². The number of ether oxygens (including phenoxy) is 1. The number of carboxylic acid groups (broad SMARTS) is 1. The van der Waals surface area contributed by atoms with Gasteiger partial charge in [-0.3, -0.25) is 9.89 Å². The largest absolute Gasteiger partial charge is 0.496 e. The molecular formula is C14H16N2O3. The third-order valence-electron chi connectivity index (χ3n) is 3.01. The van der Waals surface area contributed by atoms with Crippen LogP contribution in [-0.4, -0.2) is 28.4 Å². The number of methoxy groups -OCH3 is 1. The zero-order valence-electron chi connectivity index (χ0n) is 11.2. The Morgan fingerprint density at radius 1 is 1.37 bits per heavy atom. The molecule has 0 saturated heterocycles. The molecule has 5 heteroatoms. The fourth-order valence-electron chi connectivity index (χ4n) is 2.27. The van der Waals surface area contributed by atoms with Crippen LogP contribution in [0.1, 0.15) is 16.7 Å². The SMILES string of the molecule is COc1c(C)cc(-c2[nH]ncc2CC(=O)O)cc1C. The molecule has 1 aromatic carbocycles. The van der Waals surface area contributed by atoms with Crippen molar-refractivity contribution in [3.05, 3.63) is 35.0 Å². The summed E-state index contributed by atoms with van der Waals surface area (Å²) in [4.78, 5) is 10.8. The number of hydrogen-bond acceptors (Lipinski definition) is 3. The van der Waals surface area contributed by atoms with Crippen LogP contribution < -0.4 is 4.74 Å². The highest BCUT2D eigenvalue weighted by Crippen LogP contribution is 2.30. The second-order valence-corrected chi connectivity index (χ2v) is 4.48. The maximum absolute atomic E-state index is 10.8. The highest BCUT2D eigenvalue weighted by Gasteiger charge is 2.13. The first-order valence-electron chi connectivity index (χ1n) is 5.92. The van der Waals surface area contributed by atoms with Gasteiger partial charge in [0, 0.05) is 11.1 Å². The van der Waals surface area contributed by atoms with Crippen molar-refractivity contribution in [1.82, 2.24) is 10.2 Å². The molecule has 2 N–H and O–H groups in total. The van der Waals surface area contributed by atoms with Crippen LogP contribution in [0.3, 0.4) is 0 Å². The van der Waals surface area contributed by atoms with E-state index in [9.17, 15) is 4.79 Å². The summed E-state index contributed by atoms with van der Waals surface area (Å²) in [5, 5.41) is 15.7. The molecule has 0 spiro atoms. The van der Waals surface area contributed by atoms with Gasteiger partial charge in [0.15, 0.2) is 0 Å². The highest BCUT2D eigenvalue weighted by molar-refractivity contribution is 5.75. The Bertz CT molecular complexity index is 594. The Kier molecular flexibility index (Phi) is 3.55. The molecule has 0 fully saturated rings. The zero-order chi connectivity index (χ0) is 14.0. The van der Waals surface area contributed by atoms with E-state index in [1.807, 2.05) is 26.0 Å². The lowest BCUT2D eigenvalue weighted by molar-refractivity contribution is -0.136. The summed E-state index contributed by atoms with van der Waals surface area (Å²) in [6, 6.07) is 3.93. The Labute approximate surface area is 111 Å². The van der Waals surface area contributed by atoms with Crippen molar-refractivity contribution in [2.45, 2.75) is 20.3 Å². The third kappa shape index (κ3) is 2.59. The first-order valence-corrected chi connectivity index (χ1v) is 5.92. The quantitative estimate of drug-likeness (QED) is 0.884. The predicted octanol–water partition coefficient (Wildman–Crippen LogP) is 2.33. The summed E-state index contributed by atoms with van der Waals surface area (Å²) in [5.41, 5.74) is 4.36. The number of carboxylic acids is 1. The molecule has 100 valence electrons. The van der Waals surface area contributed by atoms with E-state index < -0.39 is 5.97 Å². The number of H-pyrrole nitrogens is 1. The van der Waals surface area contributed by atoms with Crippen molar-refractivity contribution < 1.29 is 14.6 Å². The summed E-state index contributed by atoms with van der Waals surface area (Å²) in [6.07, 6.45) is 1.51. The molecule has 1 heterocycles. The van der Waals surface area contributed by atoms with E-state index in [1.165, 1.54) is 0 Å². The van der Waals surface area contributed by atoms with Crippen molar-refractivity contribution in [2.24, 2.45) is 0 Å². The van der Waals surface area contributed by atoms with Crippen LogP contribution in [0, 0.1) is 13.8 Å². The highest BCUT2D eigenvalue weighted by atomic mass is 16.5. The van der Waals surface area contributed by atoms with Crippen LogP contribution in [0.15, 0.2) is 18.3 Å². The Balaban J connectivity index is 2.48. The van der Waals surface area contributed by atoms with Gasteiger partial charge in [-0.05, 0) is 37.1 Å². The van der Waals surface area contributed by atoms with Gasteiger partial charge in [0.1, 0.15) is 5.75 Å². The second-order valence-electron chi connectivity index (χ2n) is 4.48. The first kappa shape index (κ1) is 13.1. The smallest absolute Gasteiger partial charge is 0.307 e. The van der Waals surface area contributed by atoms with E-state index in [4.69, 9.17) is 9.84 Å². The number of hydrogen-bond donors (Lipinski definition) is 2. The maximum Gasteiger partial charge on any atom is 0.307 e. The van der Waals surface area contributed by atoms with Crippen molar-refractivity contribution >= 4 is 5.97 Å². The summed E-state index contributed by atoms with van der Waals surface area (Å²) < 4.78 is 5.32. The number of aromatic nitrogens is 2. The van der Waals surface area contributed by atoms with E-state index in [-0.39, 0.29) is 6.42 Å². The van der Waals surface area contributed by atoms with Crippen LogP contribution in [0.25, 0.3) is 11.3 Å². The molecule has 0 aliphatic heterocycles. The maximum atomic E-state index is 10.8. The number of nitrogens with zero attached hydrogens (tertiary/aromatic N) is 1. The summed E-state index contributed by atoms with van der Waals surface area (Å²) in [6.45, 7) is 3.92. The molecule has 2 rings (SSSR count). The first-order chi connectivity index (χ1) is 9.02. The van der Waals surface area contributed by atoms with Crippen LogP contribution >= 0.6 is 0 Å². The van der Waals surface area contributed by atoms with Crippen LogP contribution in [0.4, 0.5) is 0 Å². The van der Waals surface area contributed by atoms with Gasteiger partial charge in [-0.15, -0.1) is 0 Å². The summed E-state index contributed by atoms with van der Waals surface area (Å²) in [5.74, 6) is -0.0207. The molecule has 0 amide bonds. The fourth-order valence-corrected chi connectivity index (χ4v) is 2.27. The number of nitrogens with one attached hydrogen (secondary N) is 1. The van der Waals surface area contributed by atoms with Gasteiger partial charge in [0.2, 0.25) is 0 Å². The molecule has 5 nitrogen and oxygen atoms in total. The van der Waals surface area contributed by atoms with Crippen molar-refractivity contribution in [3.8, 4) is 17.0 Å². The molecule has 0 unspecified atom stereocenters. The van der Waals surface area contributed by atoms with Gasteiger partial charge >= 0.3 is 5.97 Å². The number of carbonyl (C=O) groups is 1. The molecule has 0 aliphatic carbocycles. The molecule has 0 atom stereocenters. The van der Waals surface area contributed by atoms with Gasteiger partial charge in [-0.25, -0.2) is 0 Å². The number of aromatic amines is 1. The number of aliphatic carboxylic acids is 1. The minimum absolute atomic E-state index is 0.0457. The summed E-state index contributed by atoms with van der Waals surface area (Å²) >= 11 is 0. The molecule has 19 heavy (non-hydrogen) atoms. The number of aryl methyl sites for hydroxylation is 2. The minimum atomic E-state index is -0.871. The van der Waals surface area contributed by atoms with Gasteiger partial charge in [0.05, 0.1) is 25.4 Å². The zero-order valence-corrected chi connectivity index (χ0v) is 11.2. The van der Waals surface area contributed by atoms with E-state index in [0.29, 0.717) is 5.56 Å². The minimum Gasteiger partial charge on any atom is -0.496 e. The average Bonchev–Trinajstić information content (AvgIpc) is 2.75. The summed E-state index contributed by atoms with van der Waals surface area (Å²) in [7, 11) is 1.64. The monoisotopic (exact) mass is 260 g/mol. The van der Waals surface area contributed by atoms with Gasteiger partial charge in [-0.1, -0.05) is 0 Å². The van der Waals surface area contributed by atoms with E-state index in [1.54, 1.807) is 13.3 Å². The third-order valence-corrected chi connectivity index (χ3v) is 3.01. The van der Waals surface area contributed by atoms with Gasteiger partial charge in [0.25, 0.3) is 0 Å². The Hall–Kier alpha value is -2.30. The van der Waals surface area contributed by atoms with Crippen molar-refractivity contribution in [3.63, 3.8) is 0 Å². The van der Waals surface area contributed by atoms with Gasteiger partial charge < -0.3 is 9.84 Å². The molecule has 0 aliphatic rings. The average molecular weight is 260 g/mol. The standard InChI is InChI=1S/C14H16N2O3/c1-8-4-10(5-9(2)14(8)19-3)13-11(6-12(17)18)7-15-16-13/h4-5,7H,6H2,1-3H3,(H,15,16)(H,17,18). The molecule has 0 saturated carbocycles. The lowest BCUT2D eigenvalue weighted by Gasteiger charge is -2.11. The molecule has 0 radical (unpaired) electrons. The predicted molar refractivity (Wildman–Crippen MR) is 71.4 cm³/mol. The topological polar surface area (TPSA) is 75.2 Å². The van der Waals surface area contributed by atoms with Crippen LogP contribution in [0.2, 0.25) is 0 Å². The lowest BCUT2D eigenvalue weighted by Crippen LogP contribution is -2.00. The molecular weight excluding hydrogens is 244 g/mol. The van der Waals surface area contributed by atoms with Crippen molar-refractivity contribution in [1.29, 1.82) is 0 Å². The van der Waals surface area contributed by atoms with Crippen LogP contribution in [0.5, 0.6) is 5.75 Å². The Morgan fingerprint density at radius 3 is 2.53 bits per heavy atom. The second kappa shape index (κ2) is 5.14. The molecule has 0 bridgehead atoms. The van der Waals surface area contributed by atoms with E-state index in [0.717, 1.165) is 28.1 Å². The Morgan fingerprint density at radius 2 is 2.00 bits per heavy atom. The normalized spacial score (nSPS) is 10.5. The molecule has 1 aromatic heterocycles. The van der Waals surface area contributed by atoms with Crippen molar-refractivity contribution in [2.75, 3.05) is 7.11 Å². The van der Waals surface area contributed by atoms with Gasteiger partial charge in [-0.2, -0.15) is 5.10 Å². The van der Waals surface area contributed by atoms with E-state index in [2.05, 4.69) is 10.2 Å². The fraction of sp³-hybridized carbons (Fsp3) is 0.286. The lowest BCUT2D eigenvalue weighted by atomic mass is 10.0. The number of rotatable bonds is 4. The number of benzene rings is 1. The molecule has 2 aromatic rings. The van der Waals surface area contributed by atoms with Crippen LogP contribution in [-0.2, 0) is 11.2 Å².